The number of hydrogen-bond donors (Lipinski definition) is 0. The van der Waals surface area contributed by atoms with Crippen LogP contribution >= 0.6 is 0 Å². The number of nitrogens with zero attached hydrogens (tertiary/aromatic N) is 4. The van der Waals surface area contributed by atoms with Gasteiger partial charge in [-0.25, -0.2) is 0 Å². The van der Waals surface area contributed by atoms with Crippen molar-refractivity contribution in [3.63, 3.8) is 0 Å². The van der Waals surface area contributed by atoms with Crippen molar-refractivity contribution in [2.45, 2.75) is 0 Å². The molecule has 0 N–H and O–H groups in total. The van der Waals surface area contributed by atoms with Crippen LogP contribution in [-0.4, -0.2) is 15.0 Å². The molecule has 0 bridgehead atoms. The lowest BCUT2D eigenvalue weighted by Crippen LogP contribution is -2.10. The number of benzene rings is 8. The van der Waals surface area contributed by atoms with Gasteiger partial charge in [-0.15, -0.1) is 10.2 Å². The molecule has 50 heavy (non-hydrogen) atoms. The van der Waals surface area contributed by atoms with Gasteiger partial charge < -0.3 is 13.7 Å². The van der Waals surface area contributed by atoms with Crippen LogP contribution in [0.3, 0.4) is 0 Å². The molecule has 11 aromatic rings. The molecule has 0 aliphatic rings. The molecule has 0 aliphatic heterocycles. The van der Waals surface area contributed by atoms with Crippen molar-refractivity contribution in [1.29, 1.82) is 0 Å². The van der Waals surface area contributed by atoms with Gasteiger partial charge in [0, 0.05) is 50.7 Å². The first-order valence-electron chi connectivity index (χ1n) is 16.6. The van der Waals surface area contributed by atoms with Crippen LogP contribution < -0.4 is 4.90 Å². The highest BCUT2D eigenvalue weighted by molar-refractivity contribution is 6.12. The Balaban J connectivity index is 1.08. The number of fused-ring (bicyclic) bond motifs is 9. The van der Waals surface area contributed by atoms with Crippen molar-refractivity contribution in [2.24, 2.45) is 0 Å². The summed E-state index contributed by atoms with van der Waals surface area (Å²) >= 11 is 0. The Bertz CT molecular complexity index is 2930. The Kier molecular flexibility index (Phi) is 5.57. The molecule has 3 heterocycles. The fourth-order valence-electron chi connectivity index (χ4n) is 7.34. The first-order valence-corrected chi connectivity index (χ1v) is 16.6. The van der Waals surface area contributed by atoms with Gasteiger partial charge in [0.05, 0.1) is 5.69 Å². The van der Waals surface area contributed by atoms with Crippen molar-refractivity contribution in [2.75, 3.05) is 4.90 Å². The molecule has 6 heteroatoms. The second-order valence-corrected chi connectivity index (χ2v) is 12.8. The molecule has 0 radical (unpaired) electrons. The predicted octanol–water partition coefficient (Wildman–Crippen LogP) is 12.0. The smallest absolute Gasteiger partial charge is 0.137 e. The topological polar surface area (TPSA) is 60.2 Å². The minimum Gasteiger partial charge on any atom is -0.456 e. The van der Waals surface area contributed by atoms with E-state index in [4.69, 9.17) is 19.0 Å². The Labute approximate surface area is 285 Å². The number of hydrogen-bond acceptors (Lipinski definition) is 5. The predicted molar refractivity (Wildman–Crippen MR) is 203 cm³/mol. The van der Waals surface area contributed by atoms with Crippen LogP contribution in [0.15, 0.2) is 167 Å². The highest BCUT2D eigenvalue weighted by Crippen LogP contribution is 2.42. The standard InChI is InChI=1S/C44H26N4O2/c1-3-9-29-23-41-37(21-27(29)7-1)35-19-17-33(25-43(35)49-41)47(31-13-15-32(16-14-31)48-45-39-11-5-6-12-40(39)46-48)34-18-20-36-38-22-28-8-2-4-10-30(28)24-42(38)50-44(36)26-34/h1-26H. The fraction of sp³-hybridized carbons (Fsp3) is 0. The van der Waals surface area contributed by atoms with Crippen LogP contribution in [0, 0.1) is 0 Å². The van der Waals surface area contributed by atoms with Crippen molar-refractivity contribution < 1.29 is 8.83 Å². The second kappa shape index (κ2) is 10.3. The molecular weight excluding hydrogens is 617 g/mol. The van der Waals surface area contributed by atoms with E-state index in [0.29, 0.717) is 0 Å². The Morgan fingerprint density at radius 3 is 1.30 bits per heavy atom. The molecular formula is C44H26N4O2. The van der Waals surface area contributed by atoms with E-state index in [1.165, 1.54) is 10.8 Å². The molecule has 0 amide bonds. The van der Waals surface area contributed by atoms with Crippen LogP contribution in [0.4, 0.5) is 17.1 Å². The van der Waals surface area contributed by atoms with Gasteiger partial charge in [0.1, 0.15) is 33.4 Å². The zero-order valence-electron chi connectivity index (χ0n) is 26.6. The molecule has 3 aromatic heterocycles. The van der Waals surface area contributed by atoms with E-state index < -0.39 is 0 Å². The lowest BCUT2D eigenvalue weighted by Gasteiger charge is -2.25. The molecule has 0 fully saturated rings. The van der Waals surface area contributed by atoms with Crippen LogP contribution in [-0.2, 0) is 0 Å². The Morgan fingerprint density at radius 2 is 0.800 bits per heavy atom. The van der Waals surface area contributed by atoms with Gasteiger partial charge in [0.2, 0.25) is 0 Å². The normalized spacial score (nSPS) is 12.0. The number of rotatable bonds is 4. The summed E-state index contributed by atoms with van der Waals surface area (Å²) in [7, 11) is 0. The summed E-state index contributed by atoms with van der Waals surface area (Å²) in [4.78, 5) is 3.93. The summed E-state index contributed by atoms with van der Waals surface area (Å²) in [6.45, 7) is 0. The lowest BCUT2D eigenvalue weighted by atomic mass is 10.1. The van der Waals surface area contributed by atoms with Crippen molar-refractivity contribution >= 4 is 93.5 Å². The van der Waals surface area contributed by atoms with Gasteiger partial charge in [-0.05, 0) is 106 Å². The minimum absolute atomic E-state index is 0.832. The minimum atomic E-state index is 0.832. The molecule has 11 rings (SSSR count). The highest BCUT2D eigenvalue weighted by atomic mass is 16.3. The zero-order valence-corrected chi connectivity index (χ0v) is 26.6. The maximum Gasteiger partial charge on any atom is 0.137 e. The molecule has 0 saturated heterocycles. The maximum atomic E-state index is 6.51. The first kappa shape index (κ1) is 27.1. The lowest BCUT2D eigenvalue weighted by molar-refractivity contribution is 0.669. The summed E-state index contributed by atoms with van der Waals surface area (Å²) in [5, 5.41) is 18.5. The molecule has 234 valence electrons. The second-order valence-electron chi connectivity index (χ2n) is 12.8. The average molecular weight is 643 g/mol. The summed E-state index contributed by atoms with van der Waals surface area (Å²) in [5.41, 5.74) is 8.93. The quantitative estimate of drug-likeness (QED) is 0.191. The van der Waals surface area contributed by atoms with Crippen molar-refractivity contribution in [3.8, 4) is 5.69 Å². The number of furan rings is 2. The SMILES string of the molecule is c1ccc2cc3c(cc2c1)oc1cc(N(c2ccc(-n4nc5ccccc5n4)cc2)c2ccc4c(c2)oc2cc5ccccc5cc24)ccc13. The third kappa shape index (κ3) is 4.15. The molecule has 0 atom stereocenters. The van der Waals surface area contributed by atoms with Crippen molar-refractivity contribution in [3.05, 3.63) is 158 Å². The first-order chi connectivity index (χ1) is 24.7. The molecule has 0 aliphatic carbocycles. The molecule has 6 nitrogen and oxygen atoms in total. The van der Waals surface area contributed by atoms with E-state index in [0.717, 1.165) is 88.4 Å². The third-order valence-electron chi connectivity index (χ3n) is 9.79. The largest absolute Gasteiger partial charge is 0.456 e. The number of aromatic nitrogens is 3. The van der Waals surface area contributed by atoms with Crippen LogP contribution in [0.2, 0.25) is 0 Å². The molecule has 0 saturated carbocycles. The monoisotopic (exact) mass is 642 g/mol. The van der Waals surface area contributed by atoms with E-state index in [-0.39, 0.29) is 0 Å². The van der Waals surface area contributed by atoms with Gasteiger partial charge in [0.15, 0.2) is 0 Å². The van der Waals surface area contributed by atoms with Gasteiger partial charge >= 0.3 is 0 Å². The summed E-state index contributed by atoms with van der Waals surface area (Å²) < 4.78 is 13.0. The summed E-state index contributed by atoms with van der Waals surface area (Å²) in [6, 6.07) is 54.6. The summed E-state index contributed by atoms with van der Waals surface area (Å²) in [6.07, 6.45) is 0. The Hall–Kier alpha value is -6.92. The zero-order chi connectivity index (χ0) is 32.8. The van der Waals surface area contributed by atoms with Gasteiger partial charge in [0.25, 0.3) is 0 Å². The van der Waals surface area contributed by atoms with E-state index >= 15 is 0 Å². The molecule has 0 unspecified atom stereocenters. The van der Waals surface area contributed by atoms with E-state index in [2.05, 4.69) is 138 Å². The number of anilines is 3. The highest BCUT2D eigenvalue weighted by Gasteiger charge is 2.19. The van der Waals surface area contributed by atoms with E-state index in [1.807, 2.05) is 24.3 Å². The van der Waals surface area contributed by atoms with Crippen LogP contribution in [0.5, 0.6) is 0 Å². The van der Waals surface area contributed by atoms with Crippen LogP contribution in [0.1, 0.15) is 0 Å². The maximum absolute atomic E-state index is 6.51. The average Bonchev–Trinajstić information content (AvgIpc) is 3.85. The summed E-state index contributed by atoms with van der Waals surface area (Å²) in [5.74, 6) is 0. The van der Waals surface area contributed by atoms with Crippen molar-refractivity contribution in [1.82, 2.24) is 15.0 Å². The van der Waals surface area contributed by atoms with E-state index in [9.17, 15) is 0 Å². The van der Waals surface area contributed by atoms with E-state index in [1.54, 1.807) is 4.80 Å². The molecule has 8 aromatic carbocycles. The Morgan fingerprint density at radius 1 is 0.380 bits per heavy atom. The third-order valence-corrected chi connectivity index (χ3v) is 9.79. The van der Waals surface area contributed by atoms with Crippen LogP contribution in [0.25, 0.3) is 82.1 Å². The van der Waals surface area contributed by atoms with Gasteiger partial charge in [-0.2, -0.15) is 4.80 Å². The fourth-order valence-corrected chi connectivity index (χ4v) is 7.34. The van der Waals surface area contributed by atoms with Gasteiger partial charge in [-0.3, -0.25) is 0 Å². The van der Waals surface area contributed by atoms with Gasteiger partial charge in [-0.1, -0.05) is 60.7 Å². The molecule has 0 spiro atoms.